The first-order valence-electron chi connectivity index (χ1n) is 8.94. The van der Waals surface area contributed by atoms with E-state index in [-0.39, 0.29) is 19.0 Å². The van der Waals surface area contributed by atoms with Crippen LogP contribution in [0.3, 0.4) is 0 Å². The quantitative estimate of drug-likeness (QED) is 0.174. The summed E-state index contributed by atoms with van der Waals surface area (Å²) in [7, 11) is -4.60. The molecule has 0 radical (unpaired) electrons. The monoisotopic (exact) mass is 503 g/mol. The van der Waals surface area contributed by atoms with Crippen molar-refractivity contribution < 1.29 is 46.3 Å². The molecule has 11 nitrogen and oxygen atoms in total. The Balaban J connectivity index is 0.000000327. The van der Waals surface area contributed by atoms with Gasteiger partial charge >= 0.3 is 13.6 Å². The number of thiazole rings is 1. The van der Waals surface area contributed by atoms with Crippen LogP contribution in [0.5, 0.6) is 0 Å². The molecule has 3 aromatic heterocycles. The third kappa shape index (κ3) is 7.30. The van der Waals surface area contributed by atoms with E-state index in [0.717, 1.165) is 23.5 Å². The number of aliphatic hydroxyl groups excluding tert-OH is 1. The first-order chi connectivity index (χ1) is 14.5. The summed E-state index contributed by atoms with van der Waals surface area (Å²) in [6, 6.07) is 2.38. The number of aromatic carboxylic acids is 1. The number of halogens is 1. The fourth-order valence-corrected chi connectivity index (χ4v) is 4.25. The lowest BCUT2D eigenvalue weighted by Gasteiger charge is -2.04. The van der Waals surface area contributed by atoms with Crippen molar-refractivity contribution in [1.29, 1.82) is 0 Å². The minimum Gasteiger partial charge on any atom is -1.00 e. The number of anilines is 1. The Morgan fingerprint density at radius 1 is 1.28 bits per heavy atom. The number of aryl methyl sites for hydroxylation is 1. The molecule has 0 saturated heterocycles. The number of nitrogen functional groups attached to an aromatic ring is 1. The Bertz CT molecular complexity index is 1120. The van der Waals surface area contributed by atoms with Crippen LogP contribution < -0.4 is 28.1 Å². The van der Waals surface area contributed by atoms with E-state index in [9.17, 15) is 9.36 Å². The first kappa shape index (κ1) is 27.6. The van der Waals surface area contributed by atoms with E-state index in [1.165, 1.54) is 10.9 Å². The van der Waals surface area contributed by atoms with Crippen molar-refractivity contribution in [3.63, 3.8) is 0 Å². The normalized spacial score (nSPS) is 10.7. The highest BCUT2D eigenvalue weighted by Crippen LogP contribution is 2.33. The zero-order valence-corrected chi connectivity index (χ0v) is 19.7. The van der Waals surface area contributed by atoms with Gasteiger partial charge in [-0.05, 0) is 19.1 Å². The summed E-state index contributed by atoms with van der Waals surface area (Å²) in [5, 5.41) is 17.5. The van der Waals surface area contributed by atoms with Crippen LogP contribution in [0.2, 0.25) is 0 Å². The smallest absolute Gasteiger partial charge is 0.375 e. The second-order valence-electron chi connectivity index (χ2n) is 6.38. The van der Waals surface area contributed by atoms with Gasteiger partial charge in [0, 0.05) is 32.3 Å². The third-order valence-corrected chi connectivity index (χ3v) is 6.20. The Labute approximate surface area is 194 Å². The van der Waals surface area contributed by atoms with Crippen LogP contribution in [0.15, 0.2) is 30.0 Å². The van der Waals surface area contributed by atoms with E-state index < -0.39 is 24.6 Å². The van der Waals surface area contributed by atoms with Crippen LogP contribution in [0.25, 0.3) is 0 Å². The van der Waals surface area contributed by atoms with E-state index in [1.54, 1.807) is 17.5 Å². The predicted octanol–water partition coefficient (Wildman–Crippen LogP) is -2.81. The first-order valence-corrected chi connectivity index (χ1v) is 11.4. The number of aromatic nitrogens is 4. The minimum atomic E-state index is -4.60. The fraction of sp³-hybridized carbons (Fsp3) is 0.278. The summed E-state index contributed by atoms with van der Waals surface area (Å²) < 4.78 is 12.8. The lowest BCUT2D eigenvalue weighted by molar-refractivity contribution is -0.689. The van der Waals surface area contributed by atoms with Gasteiger partial charge in [-0.3, -0.25) is 4.57 Å². The number of hydrogen-bond acceptors (Lipinski definition) is 8. The average molecular weight is 504 g/mol. The fourth-order valence-electron chi connectivity index (χ4n) is 2.56. The Hall–Kier alpha value is -2.47. The summed E-state index contributed by atoms with van der Waals surface area (Å²) >= 11 is 1.65. The zero-order chi connectivity index (χ0) is 23.2. The van der Waals surface area contributed by atoms with Gasteiger partial charge in [0.15, 0.2) is 17.7 Å². The molecule has 0 spiro atoms. The molecular weight excluding hydrogens is 481 g/mol. The van der Waals surface area contributed by atoms with E-state index in [1.807, 2.05) is 19.4 Å². The van der Waals surface area contributed by atoms with E-state index in [4.69, 9.17) is 25.7 Å². The van der Waals surface area contributed by atoms with Crippen LogP contribution in [0, 0.1) is 13.8 Å². The highest BCUT2D eigenvalue weighted by molar-refractivity contribution is 7.60. The maximum absolute atomic E-state index is 10.7. The number of hydrogen-bond donors (Lipinski definition) is 5. The molecular formula is C18H23ClN5O6PS. The number of carboxylic acid groups (broad SMARTS) is 1. The van der Waals surface area contributed by atoms with Gasteiger partial charge in [-0.25, -0.2) is 19.7 Å². The average Bonchev–Trinajstić information content (AvgIpc) is 3.04. The van der Waals surface area contributed by atoms with Crippen molar-refractivity contribution >= 4 is 36.2 Å². The second-order valence-corrected chi connectivity index (χ2v) is 8.84. The Morgan fingerprint density at radius 2 is 1.97 bits per heavy atom. The van der Waals surface area contributed by atoms with Crippen molar-refractivity contribution in [3.8, 4) is 0 Å². The molecule has 174 valence electrons. The summed E-state index contributed by atoms with van der Waals surface area (Å²) in [6.45, 7) is 4.71. The Morgan fingerprint density at radius 3 is 2.50 bits per heavy atom. The van der Waals surface area contributed by atoms with Crippen LogP contribution in [-0.4, -0.2) is 47.5 Å². The Kier molecular flexibility index (Phi) is 10.3. The maximum atomic E-state index is 10.7. The van der Waals surface area contributed by atoms with Crippen LogP contribution in [0.4, 0.5) is 5.82 Å². The van der Waals surface area contributed by atoms with E-state index in [2.05, 4.69) is 19.5 Å². The molecule has 6 N–H and O–H groups in total. The van der Waals surface area contributed by atoms with Crippen molar-refractivity contribution in [1.82, 2.24) is 15.0 Å². The van der Waals surface area contributed by atoms with Crippen molar-refractivity contribution in [2.24, 2.45) is 0 Å². The molecule has 0 amide bonds. The molecule has 0 bridgehead atoms. The molecule has 0 aliphatic carbocycles. The number of nitrogens with two attached hydrogens (primary N) is 1. The van der Waals surface area contributed by atoms with Gasteiger partial charge in [0.25, 0.3) is 0 Å². The molecule has 32 heavy (non-hydrogen) atoms. The van der Waals surface area contributed by atoms with Crippen molar-refractivity contribution in [2.75, 3.05) is 12.3 Å². The maximum Gasteiger partial charge on any atom is 0.375 e. The molecule has 0 fully saturated rings. The molecule has 0 aliphatic rings. The van der Waals surface area contributed by atoms with Gasteiger partial charge in [-0.1, -0.05) is 11.3 Å². The van der Waals surface area contributed by atoms with E-state index in [0.29, 0.717) is 24.6 Å². The number of carbonyl (C=O) groups is 1. The van der Waals surface area contributed by atoms with Gasteiger partial charge < -0.3 is 38.1 Å². The van der Waals surface area contributed by atoms with Gasteiger partial charge in [0.2, 0.25) is 5.51 Å². The molecule has 3 aromatic rings. The summed E-state index contributed by atoms with van der Waals surface area (Å²) in [5.41, 5.74) is 8.82. The summed E-state index contributed by atoms with van der Waals surface area (Å²) in [5.74, 6) is -0.194. The number of pyridine rings is 1. The summed E-state index contributed by atoms with van der Waals surface area (Å²) in [4.78, 5) is 40.7. The zero-order valence-electron chi connectivity index (χ0n) is 17.2. The standard InChI is InChI=1S/C12H17N4OS.C6H6NO5P.ClH/c1-8-11(3-4-17)18-7-16(8)6-10-5-14-9(2)15-12(10)13;8-6(9)4-2-1-3-7-5(4)13(10,11)12;/h5,7,17H,3-4,6H2,1-2H3,(H2,13,14,15);1-3H,(H,8,9)(H2,10,11,12);1H/q+1;;/p-1. The lowest BCUT2D eigenvalue weighted by Crippen LogP contribution is -3.00. The molecule has 3 heterocycles. The molecule has 0 atom stereocenters. The number of carboxylic acids is 1. The van der Waals surface area contributed by atoms with Crippen molar-refractivity contribution in [3.05, 3.63) is 57.6 Å². The summed E-state index contributed by atoms with van der Waals surface area (Å²) in [6.07, 6.45) is 3.59. The minimum absolute atomic E-state index is 0. The van der Waals surface area contributed by atoms with E-state index >= 15 is 0 Å². The van der Waals surface area contributed by atoms with Crippen molar-refractivity contribution in [2.45, 2.75) is 26.8 Å². The highest BCUT2D eigenvalue weighted by Gasteiger charge is 2.26. The van der Waals surface area contributed by atoms with Crippen LogP contribution in [0.1, 0.15) is 32.3 Å². The van der Waals surface area contributed by atoms with Gasteiger partial charge in [-0.15, -0.1) is 0 Å². The predicted molar refractivity (Wildman–Crippen MR) is 113 cm³/mol. The molecule has 0 saturated carbocycles. The molecule has 0 aromatic carbocycles. The van der Waals surface area contributed by atoms with Gasteiger partial charge in [0.1, 0.15) is 11.6 Å². The third-order valence-electron chi connectivity index (χ3n) is 4.15. The molecule has 3 rings (SSSR count). The molecule has 0 unspecified atom stereocenters. The number of rotatable bonds is 6. The van der Waals surface area contributed by atoms with Gasteiger partial charge in [-0.2, -0.15) is 4.57 Å². The second kappa shape index (κ2) is 12.0. The van der Waals surface area contributed by atoms with Crippen LogP contribution in [-0.2, 0) is 17.5 Å². The SMILES string of the molecule is Cc1ncc(C[n+]2csc(CCO)c2C)c(N)n1.O=C(O)c1cccnc1P(=O)(O)O.[Cl-]. The molecule has 0 aliphatic heterocycles. The van der Waals surface area contributed by atoms with Crippen LogP contribution >= 0.6 is 18.9 Å². The number of nitrogens with zero attached hydrogens (tertiary/aromatic N) is 4. The highest BCUT2D eigenvalue weighted by atomic mass is 35.5. The van der Waals surface area contributed by atoms with Gasteiger partial charge in [0.05, 0.1) is 16.0 Å². The largest absolute Gasteiger partial charge is 1.00 e. The number of aliphatic hydroxyl groups is 1. The topological polar surface area (TPSA) is 184 Å². The lowest BCUT2D eigenvalue weighted by atomic mass is 10.2. The molecule has 14 heteroatoms.